The molecule has 0 amide bonds. The molecular formula is C10H12N2O3. The van der Waals surface area contributed by atoms with E-state index in [9.17, 15) is 0 Å². The van der Waals surface area contributed by atoms with Crippen LogP contribution in [-0.4, -0.2) is 18.8 Å². The van der Waals surface area contributed by atoms with Crippen LogP contribution in [0, 0.1) is 10.8 Å². The fourth-order valence-corrected chi connectivity index (χ4v) is 0.683. The molecule has 5 heteroatoms. The Labute approximate surface area is 87.7 Å². The van der Waals surface area contributed by atoms with Crippen LogP contribution in [0.1, 0.15) is 6.92 Å². The first-order chi connectivity index (χ1) is 7.26. The van der Waals surface area contributed by atoms with E-state index < -0.39 is 0 Å². The lowest BCUT2D eigenvalue weighted by atomic mass is 10.3. The molecule has 0 aliphatic rings. The Morgan fingerprint density at radius 3 is 1.87 bits per heavy atom. The first kappa shape index (κ1) is 15.3. The highest BCUT2D eigenvalue weighted by Gasteiger charge is 1.83. The Morgan fingerprint density at radius 2 is 1.53 bits per heavy atom. The van der Waals surface area contributed by atoms with Crippen molar-refractivity contribution in [3.8, 4) is 5.75 Å². The quantitative estimate of drug-likeness (QED) is 0.574. The highest BCUT2D eigenvalue weighted by atomic mass is 16.5. The molecule has 2 N–H and O–H groups in total. The number of hydrogen-bond donors (Lipinski definition) is 2. The van der Waals surface area contributed by atoms with E-state index in [2.05, 4.69) is 0 Å². The van der Waals surface area contributed by atoms with E-state index in [1.807, 2.05) is 37.3 Å². The van der Waals surface area contributed by atoms with Gasteiger partial charge in [0.1, 0.15) is 5.75 Å². The zero-order valence-electron chi connectivity index (χ0n) is 8.32. The van der Waals surface area contributed by atoms with Crippen molar-refractivity contribution in [2.45, 2.75) is 6.92 Å². The predicted octanol–water partition coefficient (Wildman–Crippen LogP) is 1.89. The van der Waals surface area contributed by atoms with Crippen molar-refractivity contribution in [3.63, 3.8) is 0 Å². The zero-order valence-corrected chi connectivity index (χ0v) is 8.32. The molecule has 1 aromatic rings. The Balaban J connectivity index is 0. The molecule has 1 aromatic carbocycles. The van der Waals surface area contributed by atoms with E-state index >= 15 is 0 Å². The van der Waals surface area contributed by atoms with Gasteiger partial charge in [-0.3, -0.25) is 0 Å². The summed E-state index contributed by atoms with van der Waals surface area (Å²) in [6.45, 7) is 2.72. The molecule has 0 bridgehead atoms. The van der Waals surface area contributed by atoms with Gasteiger partial charge in [0, 0.05) is 0 Å². The standard InChI is InChI=1S/C8H10O.2CHNO/c1-2-9-8-6-4-3-5-7-8;2*2-1-3/h3-7H,2H2,1H3;2*2H. The van der Waals surface area contributed by atoms with Crippen molar-refractivity contribution >= 4 is 12.2 Å². The van der Waals surface area contributed by atoms with Crippen LogP contribution in [0.2, 0.25) is 0 Å². The van der Waals surface area contributed by atoms with Crippen LogP contribution >= 0.6 is 0 Å². The minimum absolute atomic E-state index is 0.740. The number of nitrogens with one attached hydrogen (secondary N) is 2. The monoisotopic (exact) mass is 208 g/mol. The molecule has 0 heterocycles. The minimum Gasteiger partial charge on any atom is -0.494 e. The van der Waals surface area contributed by atoms with Gasteiger partial charge in [-0.05, 0) is 19.1 Å². The summed E-state index contributed by atoms with van der Waals surface area (Å²) >= 11 is 0. The fourth-order valence-electron chi connectivity index (χ4n) is 0.683. The third kappa shape index (κ3) is 14.6. The summed E-state index contributed by atoms with van der Waals surface area (Å²) in [6.07, 6.45) is 1.50. The van der Waals surface area contributed by atoms with Crippen LogP contribution in [0.15, 0.2) is 30.3 Å². The van der Waals surface area contributed by atoms with Gasteiger partial charge < -0.3 is 4.74 Å². The zero-order chi connectivity index (χ0) is 11.9. The molecule has 0 spiro atoms. The van der Waals surface area contributed by atoms with E-state index in [1.54, 1.807) is 0 Å². The Morgan fingerprint density at radius 1 is 1.13 bits per heavy atom. The van der Waals surface area contributed by atoms with Crippen LogP contribution < -0.4 is 4.74 Å². The van der Waals surface area contributed by atoms with E-state index in [-0.39, 0.29) is 0 Å². The maximum absolute atomic E-state index is 8.35. The van der Waals surface area contributed by atoms with Crippen molar-refractivity contribution in [3.05, 3.63) is 30.3 Å². The van der Waals surface area contributed by atoms with E-state index in [0.29, 0.717) is 0 Å². The normalized spacial score (nSPS) is 6.47. The molecule has 0 aliphatic carbocycles. The van der Waals surface area contributed by atoms with Gasteiger partial charge in [-0.25, -0.2) is 20.4 Å². The summed E-state index contributed by atoms with van der Waals surface area (Å²) in [5.74, 6) is 0.944. The van der Waals surface area contributed by atoms with Crippen LogP contribution in [0.4, 0.5) is 0 Å². The van der Waals surface area contributed by atoms with E-state index in [1.165, 1.54) is 0 Å². The molecule has 5 nitrogen and oxygen atoms in total. The van der Waals surface area contributed by atoms with Crippen LogP contribution in [0.3, 0.4) is 0 Å². The molecular weight excluding hydrogens is 196 g/mol. The molecule has 0 aromatic heterocycles. The summed E-state index contributed by atoms with van der Waals surface area (Å²) in [5.41, 5.74) is 0. The summed E-state index contributed by atoms with van der Waals surface area (Å²) in [6, 6.07) is 9.80. The van der Waals surface area contributed by atoms with Crippen molar-refractivity contribution < 1.29 is 14.3 Å². The van der Waals surface area contributed by atoms with Gasteiger partial charge in [0.25, 0.3) is 0 Å². The Hall–Kier alpha value is -2.22. The van der Waals surface area contributed by atoms with Crippen molar-refractivity contribution in [2.24, 2.45) is 0 Å². The lowest BCUT2D eigenvalue weighted by Gasteiger charge is -1.99. The van der Waals surface area contributed by atoms with Crippen molar-refractivity contribution in [1.82, 2.24) is 0 Å². The lowest BCUT2D eigenvalue weighted by molar-refractivity contribution is 0.340. The van der Waals surface area contributed by atoms with Crippen LogP contribution in [0.25, 0.3) is 0 Å². The molecule has 0 atom stereocenters. The van der Waals surface area contributed by atoms with E-state index in [0.717, 1.165) is 24.5 Å². The SMILES string of the molecule is CCOc1ccccc1.N=C=O.N=C=O. The fraction of sp³-hybridized carbons (Fsp3) is 0.200. The molecule has 0 aliphatic heterocycles. The third-order valence-corrected chi connectivity index (χ3v) is 1.05. The second-order valence-corrected chi connectivity index (χ2v) is 1.95. The van der Waals surface area contributed by atoms with Crippen LogP contribution in [0.5, 0.6) is 5.75 Å². The molecule has 0 radical (unpaired) electrons. The number of isocyanates is 2. The van der Waals surface area contributed by atoms with Gasteiger partial charge in [-0.2, -0.15) is 0 Å². The summed E-state index contributed by atoms with van der Waals surface area (Å²) < 4.78 is 5.21. The molecule has 0 saturated carbocycles. The van der Waals surface area contributed by atoms with Gasteiger partial charge in [0.2, 0.25) is 12.2 Å². The Bertz CT molecular complexity index is 288. The minimum atomic E-state index is 0.740. The highest BCUT2D eigenvalue weighted by molar-refractivity contribution is 5.26. The number of ether oxygens (including phenoxy) is 1. The number of carbonyl (C=O) groups excluding carboxylic acids is 2. The van der Waals surface area contributed by atoms with E-state index in [4.69, 9.17) is 25.1 Å². The summed E-state index contributed by atoms with van der Waals surface area (Å²) in [4.78, 5) is 16.7. The Kier molecular flexibility index (Phi) is 14.6. The average Bonchev–Trinajstić information content (AvgIpc) is 2.22. The van der Waals surface area contributed by atoms with Gasteiger partial charge >= 0.3 is 0 Å². The molecule has 15 heavy (non-hydrogen) atoms. The first-order valence-electron chi connectivity index (χ1n) is 4.02. The molecule has 0 fully saturated rings. The smallest absolute Gasteiger partial charge is 0.231 e. The molecule has 0 unspecified atom stereocenters. The lowest BCUT2D eigenvalue weighted by Crippen LogP contribution is -1.89. The molecule has 1 rings (SSSR count). The number of benzene rings is 1. The summed E-state index contributed by atoms with van der Waals surface area (Å²) in [5, 5.41) is 10.8. The van der Waals surface area contributed by atoms with Crippen molar-refractivity contribution in [1.29, 1.82) is 10.8 Å². The first-order valence-corrected chi connectivity index (χ1v) is 4.02. The topological polar surface area (TPSA) is 91.1 Å². The molecule has 0 saturated heterocycles. The van der Waals surface area contributed by atoms with Gasteiger partial charge in [0.15, 0.2) is 0 Å². The second-order valence-electron chi connectivity index (χ2n) is 1.95. The van der Waals surface area contributed by atoms with Crippen molar-refractivity contribution in [2.75, 3.05) is 6.61 Å². The number of rotatable bonds is 2. The maximum Gasteiger partial charge on any atom is 0.231 e. The van der Waals surface area contributed by atoms with Gasteiger partial charge in [0.05, 0.1) is 6.61 Å². The number of para-hydroxylation sites is 1. The van der Waals surface area contributed by atoms with Gasteiger partial charge in [-0.15, -0.1) is 0 Å². The maximum atomic E-state index is 8.35. The molecule has 80 valence electrons. The van der Waals surface area contributed by atoms with Gasteiger partial charge in [-0.1, -0.05) is 18.2 Å². The largest absolute Gasteiger partial charge is 0.494 e. The highest BCUT2D eigenvalue weighted by Crippen LogP contribution is 2.06. The van der Waals surface area contributed by atoms with Crippen LogP contribution in [-0.2, 0) is 9.59 Å². The third-order valence-electron chi connectivity index (χ3n) is 1.05. The number of hydrogen-bond acceptors (Lipinski definition) is 5. The average molecular weight is 208 g/mol. The predicted molar refractivity (Wildman–Crippen MR) is 54.4 cm³/mol. The second kappa shape index (κ2) is 14.3. The summed E-state index contributed by atoms with van der Waals surface area (Å²) in [7, 11) is 0.